The Labute approximate surface area is 171 Å². The van der Waals surface area contributed by atoms with Gasteiger partial charge in [-0.1, -0.05) is 12.1 Å². The third kappa shape index (κ3) is 4.34. The van der Waals surface area contributed by atoms with Gasteiger partial charge in [0.05, 0.1) is 11.7 Å². The van der Waals surface area contributed by atoms with Crippen LogP contribution in [0.1, 0.15) is 17.9 Å². The molecule has 29 heavy (non-hydrogen) atoms. The first-order chi connectivity index (χ1) is 13.7. The fraction of sp³-hybridized carbons (Fsp3) is 0.600. The van der Waals surface area contributed by atoms with Gasteiger partial charge in [0.25, 0.3) is 0 Å². The molecule has 0 aromatic heterocycles. The van der Waals surface area contributed by atoms with E-state index in [1.54, 1.807) is 4.90 Å². The Balaban J connectivity index is 1.24. The number of urea groups is 1. The zero-order valence-corrected chi connectivity index (χ0v) is 17.5. The lowest BCUT2D eigenvalue weighted by Crippen LogP contribution is -2.53. The van der Waals surface area contributed by atoms with E-state index in [4.69, 9.17) is 5.73 Å². The molecule has 0 saturated carbocycles. The van der Waals surface area contributed by atoms with Crippen LogP contribution in [0.3, 0.4) is 0 Å². The smallest absolute Gasteiger partial charge is 0.320 e. The van der Waals surface area contributed by atoms with E-state index in [0.29, 0.717) is 38.5 Å². The van der Waals surface area contributed by atoms with Gasteiger partial charge in [-0.3, -0.25) is 4.79 Å². The van der Waals surface area contributed by atoms with Crippen LogP contribution in [0.2, 0.25) is 0 Å². The van der Waals surface area contributed by atoms with E-state index < -0.39 is 9.84 Å². The van der Waals surface area contributed by atoms with E-state index in [2.05, 4.69) is 29.2 Å². The van der Waals surface area contributed by atoms with Gasteiger partial charge in [-0.05, 0) is 24.1 Å². The molecular formula is C20H28N4O4S. The van der Waals surface area contributed by atoms with Crippen molar-refractivity contribution < 1.29 is 18.0 Å². The molecule has 8 nitrogen and oxygen atoms in total. The lowest BCUT2D eigenvalue weighted by atomic mass is 9.91. The number of amides is 3. The van der Waals surface area contributed by atoms with Crippen LogP contribution < -0.4 is 10.6 Å². The summed E-state index contributed by atoms with van der Waals surface area (Å²) in [6.45, 7) is 3.96. The van der Waals surface area contributed by atoms with E-state index in [-0.39, 0.29) is 29.5 Å². The molecule has 0 spiro atoms. The van der Waals surface area contributed by atoms with Crippen molar-refractivity contribution in [3.63, 3.8) is 0 Å². The summed E-state index contributed by atoms with van der Waals surface area (Å²) >= 11 is 0. The van der Waals surface area contributed by atoms with Crippen LogP contribution >= 0.6 is 0 Å². The van der Waals surface area contributed by atoms with Crippen molar-refractivity contribution in [1.82, 2.24) is 9.80 Å². The third-order valence-electron chi connectivity index (χ3n) is 6.24. The summed E-state index contributed by atoms with van der Waals surface area (Å²) in [5, 5.41) is 0. The van der Waals surface area contributed by atoms with Crippen molar-refractivity contribution >= 4 is 27.5 Å². The average molecular weight is 421 g/mol. The highest BCUT2D eigenvalue weighted by molar-refractivity contribution is 7.90. The van der Waals surface area contributed by atoms with Crippen LogP contribution in [0.25, 0.3) is 0 Å². The molecule has 1 aromatic rings. The number of primary amides is 1. The molecule has 3 heterocycles. The molecule has 3 amide bonds. The summed E-state index contributed by atoms with van der Waals surface area (Å²) in [5.74, 6) is 0.256. The predicted molar refractivity (Wildman–Crippen MR) is 110 cm³/mol. The number of rotatable bonds is 5. The van der Waals surface area contributed by atoms with Gasteiger partial charge in [0.2, 0.25) is 5.91 Å². The third-order valence-corrected chi connectivity index (χ3v) is 7.32. The molecule has 0 unspecified atom stereocenters. The Morgan fingerprint density at radius 1 is 1.03 bits per heavy atom. The first kappa shape index (κ1) is 20.0. The molecule has 0 aliphatic carbocycles. The molecule has 1 aromatic carbocycles. The van der Waals surface area contributed by atoms with E-state index >= 15 is 0 Å². The van der Waals surface area contributed by atoms with E-state index in [1.807, 2.05) is 4.90 Å². The Morgan fingerprint density at radius 2 is 1.69 bits per heavy atom. The van der Waals surface area contributed by atoms with Crippen molar-refractivity contribution in [3.8, 4) is 0 Å². The second kappa shape index (κ2) is 7.51. The molecule has 158 valence electrons. The topological polar surface area (TPSA) is 104 Å². The highest BCUT2D eigenvalue weighted by atomic mass is 32.2. The fourth-order valence-electron chi connectivity index (χ4n) is 4.48. The molecule has 0 bridgehead atoms. The number of nitrogens with zero attached hydrogens (tertiary/aromatic N) is 3. The minimum absolute atomic E-state index is 0.000817. The molecular weight excluding hydrogens is 392 g/mol. The quantitative estimate of drug-likeness (QED) is 0.747. The second-order valence-electron chi connectivity index (χ2n) is 8.67. The van der Waals surface area contributed by atoms with Gasteiger partial charge in [0.15, 0.2) is 0 Å². The molecule has 0 radical (unpaired) electrons. The highest BCUT2D eigenvalue weighted by Crippen LogP contribution is 2.32. The van der Waals surface area contributed by atoms with E-state index in [1.165, 1.54) is 11.8 Å². The standard InChI is InChI=1S/C20H28N4O4S/c1-29(27,28)13-14-8-23(9-14)18-4-2-15(3-5-18)17-11-24(12-17)20(26)22-7-6-16(10-22)19(21)25/h2-5,14,16-17H,6-13H2,1H3,(H2,21,25)/t16-/m0/s1. The SMILES string of the molecule is CS(=O)(=O)CC1CN(c2ccc(C3CN(C(=O)N4CC[C@H](C(N)=O)C4)C3)cc2)C1. The van der Waals surface area contributed by atoms with Crippen LogP contribution in [-0.4, -0.2) is 81.4 Å². The van der Waals surface area contributed by atoms with E-state index in [9.17, 15) is 18.0 Å². The van der Waals surface area contributed by atoms with Gasteiger partial charge in [-0.15, -0.1) is 0 Å². The minimum Gasteiger partial charge on any atom is -0.371 e. The van der Waals surface area contributed by atoms with Crippen LogP contribution in [-0.2, 0) is 14.6 Å². The number of anilines is 1. The van der Waals surface area contributed by atoms with Crippen molar-refractivity contribution in [1.29, 1.82) is 0 Å². The van der Waals surface area contributed by atoms with Crippen LogP contribution in [0.5, 0.6) is 0 Å². The Hall–Kier alpha value is -2.29. The molecule has 3 saturated heterocycles. The average Bonchev–Trinajstić information content (AvgIpc) is 3.07. The number of benzene rings is 1. The van der Waals surface area contributed by atoms with Gasteiger partial charge >= 0.3 is 6.03 Å². The number of nitrogens with two attached hydrogens (primary N) is 1. The van der Waals surface area contributed by atoms with Crippen LogP contribution in [0, 0.1) is 11.8 Å². The maximum absolute atomic E-state index is 12.5. The zero-order valence-electron chi connectivity index (χ0n) is 16.7. The molecule has 3 aliphatic heterocycles. The Morgan fingerprint density at radius 3 is 2.24 bits per heavy atom. The number of carbonyl (C=O) groups is 2. The van der Waals surface area contributed by atoms with E-state index in [0.717, 1.165) is 18.8 Å². The fourth-order valence-corrected chi connectivity index (χ4v) is 5.55. The van der Waals surface area contributed by atoms with Gasteiger partial charge in [-0.25, -0.2) is 13.2 Å². The van der Waals surface area contributed by atoms with Crippen LogP contribution in [0.4, 0.5) is 10.5 Å². The number of sulfone groups is 1. The zero-order chi connectivity index (χ0) is 20.8. The number of hydrogen-bond acceptors (Lipinski definition) is 5. The summed E-state index contributed by atoms with van der Waals surface area (Å²) in [4.78, 5) is 29.6. The largest absolute Gasteiger partial charge is 0.371 e. The van der Waals surface area contributed by atoms with Crippen LogP contribution in [0.15, 0.2) is 24.3 Å². The van der Waals surface area contributed by atoms with Gasteiger partial charge in [-0.2, -0.15) is 0 Å². The van der Waals surface area contributed by atoms with Crippen molar-refractivity contribution in [2.45, 2.75) is 12.3 Å². The maximum Gasteiger partial charge on any atom is 0.320 e. The highest BCUT2D eigenvalue weighted by Gasteiger charge is 2.38. The summed E-state index contributed by atoms with van der Waals surface area (Å²) in [6, 6.07) is 8.36. The Bertz CT molecular complexity index is 890. The molecule has 2 N–H and O–H groups in total. The lowest BCUT2D eigenvalue weighted by molar-refractivity contribution is -0.121. The summed E-state index contributed by atoms with van der Waals surface area (Å²) in [6.07, 6.45) is 1.94. The van der Waals surface area contributed by atoms with Gasteiger partial charge in [0.1, 0.15) is 9.84 Å². The monoisotopic (exact) mass is 420 g/mol. The number of hydrogen-bond donors (Lipinski definition) is 1. The molecule has 1 atom stereocenters. The summed E-state index contributed by atoms with van der Waals surface area (Å²) < 4.78 is 22.7. The summed E-state index contributed by atoms with van der Waals surface area (Å²) in [7, 11) is -2.91. The van der Waals surface area contributed by atoms with Crippen molar-refractivity contribution in [2.75, 3.05) is 56.2 Å². The molecule has 3 fully saturated rings. The number of likely N-dealkylation sites (tertiary alicyclic amines) is 2. The minimum atomic E-state index is -2.91. The second-order valence-corrected chi connectivity index (χ2v) is 10.9. The predicted octanol–water partition coefficient (Wildman–Crippen LogP) is 0.494. The first-order valence-electron chi connectivity index (χ1n) is 10.1. The first-order valence-corrected chi connectivity index (χ1v) is 12.1. The summed E-state index contributed by atoms with van der Waals surface area (Å²) in [5.41, 5.74) is 7.66. The molecule has 3 aliphatic rings. The van der Waals surface area contributed by atoms with Crippen molar-refractivity contribution in [2.24, 2.45) is 17.6 Å². The normalized spacial score (nSPS) is 23.1. The maximum atomic E-state index is 12.5. The molecule has 4 rings (SSSR count). The number of carbonyl (C=O) groups excluding carboxylic acids is 2. The Kier molecular flexibility index (Phi) is 5.18. The van der Waals surface area contributed by atoms with Crippen molar-refractivity contribution in [3.05, 3.63) is 29.8 Å². The van der Waals surface area contributed by atoms with Gasteiger partial charge in [0, 0.05) is 63.0 Å². The molecule has 9 heteroatoms. The van der Waals surface area contributed by atoms with Gasteiger partial charge < -0.3 is 20.4 Å². The lowest BCUT2D eigenvalue weighted by Gasteiger charge is -2.42.